The maximum absolute atomic E-state index is 12.3. The summed E-state index contributed by atoms with van der Waals surface area (Å²) >= 11 is 3.42. The number of para-hydroxylation sites is 1. The van der Waals surface area contributed by atoms with Gasteiger partial charge in [0.15, 0.2) is 11.5 Å². The van der Waals surface area contributed by atoms with Gasteiger partial charge in [-0.1, -0.05) is 12.1 Å². The van der Waals surface area contributed by atoms with Crippen molar-refractivity contribution in [1.29, 1.82) is 0 Å². The molecule has 6 heteroatoms. The van der Waals surface area contributed by atoms with Crippen molar-refractivity contribution in [2.75, 3.05) is 12.1 Å². The number of phenolic OH excluding ortho intramolecular Hbond substituents is 1. The molecule has 2 heterocycles. The Labute approximate surface area is 128 Å². The van der Waals surface area contributed by atoms with Crippen molar-refractivity contribution in [2.45, 2.75) is 5.92 Å². The molecule has 0 bridgehead atoms. The molecule has 2 aliphatic heterocycles. The molecule has 0 saturated carbocycles. The molecule has 2 aliphatic rings. The van der Waals surface area contributed by atoms with Gasteiger partial charge in [-0.25, -0.2) is 0 Å². The molecule has 0 saturated heterocycles. The van der Waals surface area contributed by atoms with Crippen molar-refractivity contribution in [2.24, 2.45) is 0 Å². The van der Waals surface area contributed by atoms with Gasteiger partial charge in [0.1, 0.15) is 5.75 Å². The van der Waals surface area contributed by atoms with Gasteiger partial charge in [0, 0.05) is 16.1 Å². The fraction of sp³-hybridized carbons (Fsp3) is 0.133. The molecule has 21 heavy (non-hydrogen) atoms. The first-order chi connectivity index (χ1) is 10.1. The quantitative estimate of drug-likeness (QED) is 0.832. The van der Waals surface area contributed by atoms with E-state index in [9.17, 15) is 9.90 Å². The van der Waals surface area contributed by atoms with E-state index in [0.717, 1.165) is 15.7 Å². The number of carbonyl (C=O) groups excluding carboxylic acids is 1. The number of anilines is 1. The molecule has 0 aromatic heterocycles. The lowest BCUT2D eigenvalue weighted by Crippen LogP contribution is -2.13. The summed E-state index contributed by atoms with van der Waals surface area (Å²) in [6.45, 7) is 0.122. The number of carbonyl (C=O) groups is 1. The van der Waals surface area contributed by atoms with Crippen molar-refractivity contribution in [3.05, 3.63) is 45.9 Å². The summed E-state index contributed by atoms with van der Waals surface area (Å²) in [7, 11) is 0. The van der Waals surface area contributed by atoms with Crippen LogP contribution in [0.15, 0.2) is 34.8 Å². The zero-order chi connectivity index (χ0) is 14.6. The van der Waals surface area contributed by atoms with E-state index >= 15 is 0 Å². The van der Waals surface area contributed by atoms with Crippen molar-refractivity contribution in [3.8, 4) is 17.2 Å². The molecule has 0 aliphatic carbocycles. The number of nitrogens with one attached hydrogen (secondary N) is 1. The molecule has 2 aromatic rings. The van der Waals surface area contributed by atoms with Crippen LogP contribution in [0.2, 0.25) is 0 Å². The maximum atomic E-state index is 12.3. The second kappa shape index (κ2) is 4.39. The van der Waals surface area contributed by atoms with Gasteiger partial charge in [-0.05, 0) is 33.6 Å². The zero-order valence-electron chi connectivity index (χ0n) is 10.7. The largest absolute Gasteiger partial charge is 0.507 e. The molecule has 4 rings (SSSR count). The van der Waals surface area contributed by atoms with Gasteiger partial charge >= 0.3 is 0 Å². The van der Waals surface area contributed by atoms with Gasteiger partial charge in [-0.15, -0.1) is 0 Å². The summed E-state index contributed by atoms with van der Waals surface area (Å²) < 4.78 is 11.4. The van der Waals surface area contributed by atoms with E-state index in [0.29, 0.717) is 17.1 Å². The number of benzene rings is 2. The Kier molecular flexibility index (Phi) is 2.62. The van der Waals surface area contributed by atoms with Crippen molar-refractivity contribution >= 4 is 27.5 Å². The smallest absolute Gasteiger partial charge is 0.236 e. The molecular formula is C15H10BrNO4. The highest BCUT2D eigenvalue weighted by Crippen LogP contribution is 2.47. The maximum Gasteiger partial charge on any atom is 0.236 e. The second-order valence-electron chi connectivity index (χ2n) is 4.89. The van der Waals surface area contributed by atoms with Crippen LogP contribution in [0.5, 0.6) is 17.2 Å². The minimum atomic E-state index is -0.563. The van der Waals surface area contributed by atoms with Gasteiger partial charge in [0.25, 0.3) is 0 Å². The first-order valence-electron chi connectivity index (χ1n) is 6.37. The van der Waals surface area contributed by atoms with Crippen molar-refractivity contribution in [3.63, 3.8) is 0 Å². The summed E-state index contributed by atoms with van der Waals surface area (Å²) in [5.41, 5.74) is 2.07. The topological polar surface area (TPSA) is 67.8 Å². The van der Waals surface area contributed by atoms with Crippen LogP contribution in [-0.2, 0) is 4.79 Å². The molecule has 0 spiro atoms. The van der Waals surface area contributed by atoms with E-state index in [-0.39, 0.29) is 18.4 Å². The number of halogens is 1. The number of fused-ring (bicyclic) bond motifs is 2. The summed E-state index contributed by atoms with van der Waals surface area (Å²) in [4.78, 5) is 12.3. The third-order valence-electron chi connectivity index (χ3n) is 3.70. The average Bonchev–Trinajstić information content (AvgIpc) is 3.02. The van der Waals surface area contributed by atoms with Crippen LogP contribution in [0.3, 0.4) is 0 Å². The van der Waals surface area contributed by atoms with Gasteiger partial charge in [0.05, 0.1) is 11.6 Å². The number of phenols is 1. The van der Waals surface area contributed by atoms with Gasteiger partial charge in [0.2, 0.25) is 12.7 Å². The Morgan fingerprint density at radius 1 is 1.19 bits per heavy atom. The Bertz CT molecular complexity index is 775. The normalized spacial score (nSPS) is 18.5. The van der Waals surface area contributed by atoms with Crippen LogP contribution in [0.1, 0.15) is 17.0 Å². The van der Waals surface area contributed by atoms with Crippen LogP contribution >= 0.6 is 15.9 Å². The number of amides is 1. The van der Waals surface area contributed by atoms with E-state index in [4.69, 9.17) is 9.47 Å². The van der Waals surface area contributed by atoms with E-state index in [2.05, 4.69) is 21.2 Å². The zero-order valence-corrected chi connectivity index (χ0v) is 12.3. The van der Waals surface area contributed by atoms with E-state index in [1.165, 1.54) is 6.07 Å². The molecule has 2 aromatic carbocycles. The standard InChI is InChI=1S/C15H10BrNO4/c16-9-3-1-2-7-13(15(19)17-14(7)9)8-4-11-12(5-10(8)18)21-6-20-11/h1-5,13,18H,6H2,(H,17,19). The predicted molar refractivity (Wildman–Crippen MR) is 78.8 cm³/mol. The summed E-state index contributed by atoms with van der Waals surface area (Å²) in [5.74, 6) is 0.313. The molecular weight excluding hydrogens is 338 g/mol. The number of hydrogen-bond acceptors (Lipinski definition) is 4. The number of hydrogen-bond donors (Lipinski definition) is 2. The summed E-state index contributed by atoms with van der Waals surface area (Å²) in [6, 6.07) is 8.74. The molecule has 1 unspecified atom stereocenters. The van der Waals surface area contributed by atoms with Crippen LogP contribution in [0, 0.1) is 0 Å². The number of ether oxygens (including phenoxy) is 2. The fourth-order valence-electron chi connectivity index (χ4n) is 2.74. The average molecular weight is 348 g/mol. The lowest BCUT2D eigenvalue weighted by Gasteiger charge is -2.12. The van der Waals surface area contributed by atoms with Crippen LogP contribution in [0.4, 0.5) is 5.69 Å². The molecule has 5 nitrogen and oxygen atoms in total. The third kappa shape index (κ3) is 1.79. The Morgan fingerprint density at radius 3 is 2.76 bits per heavy atom. The van der Waals surface area contributed by atoms with Gasteiger partial charge < -0.3 is 19.9 Å². The van der Waals surface area contributed by atoms with Gasteiger partial charge in [-0.2, -0.15) is 0 Å². The van der Waals surface area contributed by atoms with Gasteiger partial charge in [-0.3, -0.25) is 4.79 Å². The lowest BCUT2D eigenvalue weighted by molar-refractivity contribution is -0.116. The highest BCUT2D eigenvalue weighted by Gasteiger charge is 2.35. The number of rotatable bonds is 1. The SMILES string of the molecule is O=C1Nc2c(Br)cccc2C1c1cc2c(cc1O)OCO2. The Morgan fingerprint density at radius 2 is 1.95 bits per heavy atom. The first-order valence-corrected chi connectivity index (χ1v) is 7.16. The Balaban J connectivity index is 1.89. The molecule has 1 amide bonds. The van der Waals surface area contributed by atoms with Crippen LogP contribution < -0.4 is 14.8 Å². The molecule has 2 N–H and O–H groups in total. The van der Waals surface area contributed by atoms with Crippen LogP contribution in [0.25, 0.3) is 0 Å². The highest BCUT2D eigenvalue weighted by atomic mass is 79.9. The Hall–Kier alpha value is -2.21. The van der Waals surface area contributed by atoms with Crippen molar-refractivity contribution in [1.82, 2.24) is 0 Å². The fourth-order valence-corrected chi connectivity index (χ4v) is 3.22. The predicted octanol–water partition coefficient (Wildman–Crippen LogP) is 2.97. The van der Waals surface area contributed by atoms with E-state index in [1.807, 2.05) is 18.2 Å². The monoisotopic (exact) mass is 347 g/mol. The minimum Gasteiger partial charge on any atom is -0.507 e. The number of aromatic hydroxyl groups is 1. The first kappa shape index (κ1) is 12.5. The highest BCUT2D eigenvalue weighted by molar-refractivity contribution is 9.10. The molecule has 106 valence electrons. The minimum absolute atomic E-state index is 0.0206. The molecule has 0 fully saturated rings. The van der Waals surface area contributed by atoms with Crippen molar-refractivity contribution < 1.29 is 19.4 Å². The second-order valence-corrected chi connectivity index (χ2v) is 5.74. The summed E-state index contributed by atoms with van der Waals surface area (Å²) in [6.07, 6.45) is 0. The summed E-state index contributed by atoms with van der Waals surface area (Å²) in [5, 5.41) is 13.1. The lowest BCUT2D eigenvalue weighted by atomic mass is 9.91. The molecule has 0 radical (unpaired) electrons. The van der Waals surface area contributed by atoms with E-state index in [1.54, 1.807) is 6.07 Å². The molecule has 1 atom stereocenters. The van der Waals surface area contributed by atoms with E-state index < -0.39 is 5.92 Å². The third-order valence-corrected chi connectivity index (χ3v) is 4.36. The van der Waals surface area contributed by atoms with Crippen LogP contribution in [-0.4, -0.2) is 17.8 Å².